The number of halogens is 3. The maximum atomic E-state index is 10.8. The zero-order valence-corrected chi connectivity index (χ0v) is 9.79. The molecule has 13 heavy (non-hydrogen) atoms. The van der Waals surface area contributed by atoms with Gasteiger partial charge in [-0.3, -0.25) is 4.79 Å². The van der Waals surface area contributed by atoms with Crippen LogP contribution in [0.4, 0.5) is 5.69 Å². The van der Waals surface area contributed by atoms with Crippen molar-refractivity contribution in [1.82, 2.24) is 0 Å². The molecule has 1 amide bonds. The van der Waals surface area contributed by atoms with Crippen molar-refractivity contribution >= 4 is 50.7 Å². The van der Waals surface area contributed by atoms with E-state index < -0.39 is 0 Å². The Balaban J connectivity index is 3.08. The Labute approximate surface area is 94.3 Å². The van der Waals surface area contributed by atoms with Crippen molar-refractivity contribution in [2.24, 2.45) is 0 Å². The van der Waals surface area contributed by atoms with Crippen LogP contribution in [0.3, 0.4) is 0 Å². The monoisotopic (exact) mass is 281 g/mol. The fourth-order valence-corrected chi connectivity index (χ4v) is 1.71. The molecule has 5 heteroatoms. The summed E-state index contributed by atoms with van der Waals surface area (Å²) in [5, 5.41) is 3.47. The molecule has 0 aromatic heterocycles. The van der Waals surface area contributed by atoms with Crippen molar-refractivity contribution in [3.8, 4) is 0 Å². The summed E-state index contributed by atoms with van der Waals surface area (Å²) < 4.78 is 0.706. The summed E-state index contributed by atoms with van der Waals surface area (Å²) in [5.41, 5.74) is 0.613. The van der Waals surface area contributed by atoms with E-state index in [4.69, 9.17) is 23.2 Å². The molecule has 1 N–H and O–H groups in total. The van der Waals surface area contributed by atoms with Crippen molar-refractivity contribution in [1.29, 1.82) is 0 Å². The van der Waals surface area contributed by atoms with Crippen LogP contribution in [0.25, 0.3) is 0 Å². The molecule has 0 spiro atoms. The lowest BCUT2D eigenvalue weighted by Crippen LogP contribution is -2.06. The van der Waals surface area contributed by atoms with Crippen LogP contribution >= 0.6 is 39.1 Å². The minimum atomic E-state index is -0.154. The normalized spacial score (nSPS) is 9.85. The topological polar surface area (TPSA) is 29.1 Å². The molecule has 0 bridgehead atoms. The molecule has 0 aliphatic rings. The number of hydrogen-bond acceptors (Lipinski definition) is 1. The van der Waals surface area contributed by atoms with Crippen LogP contribution in [0.5, 0.6) is 0 Å². The van der Waals surface area contributed by atoms with E-state index in [0.29, 0.717) is 20.2 Å². The molecule has 1 aromatic rings. The van der Waals surface area contributed by atoms with E-state index in [0.717, 1.165) is 0 Å². The molecule has 0 heterocycles. The van der Waals surface area contributed by atoms with Gasteiger partial charge in [-0.2, -0.15) is 0 Å². The average molecular weight is 283 g/mol. The molecule has 0 aliphatic carbocycles. The van der Waals surface area contributed by atoms with Gasteiger partial charge in [0.05, 0.1) is 15.7 Å². The fourth-order valence-electron chi connectivity index (χ4n) is 0.808. The number of carbonyl (C=O) groups is 1. The number of anilines is 1. The molecule has 70 valence electrons. The molecule has 0 radical (unpaired) electrons. The molecule has 2 nitrogen and oxygen atoms in total. The Hall–Kier alpha value is -0.250. The molecule has 0 unspecified atom stereocenters. The van der Waals surface area contributed by atoms with E-state index >= 15 is 0 Å². The average Bonchev–Trinajstić information content (AvgIpc) is 1.99. The molecular weight excluding hydrogens is 277 g/mol. The first-order valence-electron chi connectivity index (χ1n) is 3.43. The van der Waals surface area contributed by atoms with Crippen LogP contribution < -0.4 is 5.32 Å². The smallest absolute Gasteiger partial charge is 0.221 e. The molecule has 0 aliphatic heterocycles. The van der Waals surface area contributed by atoms with Gasteiger partial charge in [-0.25, -0.2) is 0 Å². The highest BCUT2D eigenvalue weighted by Crippen LogP contribution is 2.32. The summed E-state index contributed by atoms with van der Waals surface area (Å²) in [4.78, 5) is 10.8. The van der Waals surface area contributed by atoms with Crippen molar-refractivity contribution < 1.29 is 4.79 Å². The van der Waals surface area contributed by atoms with Gasteiger partial charge in [0, 0.05) is 11.4 Å². The molecular formula is C8H6BrCl2NO. The standard InChI is InChI=1S/C8H6BrCl2NO/c1-4(13)12-8-3-7(11)6(10)2-5(8)9/h2-3H,1H3,(H,12,13). The number of hydrogen-bond donors (Lipinski definition) is 1. The van der Waals surface area contributed by atoms with Crippen LogP contribution in [-0.4, -0.2) is 5.91 Å². The van der Waals surface area contributed by atoms with Gasteiger partial charge in [0.15, 0.2) is 0 Å². The fraction of sp³-hybridized carbons (Fsp3) is 0.125. The van der Waals surface area contributed by atoms with E-state index in [-0.39, 0.29) is 5.91 Å². The first kappa shape index (κ1) is 10.8. The lowest BCUT2D eigenvalue weighted by molar-refractivity contribution is -0.114. The predicted molar refractivity (Wildman–Crippen MR) is 58.5 cm³/mol. The van der Waals surface area contributed by atoms with E-state index in [1.165, 1.54) is 6.92 Å². The summed E-state index contributed by atoms with van der Waals surface area (Å²) in [5.74, 6) is -0.154. The zero-order chi connectivity index (χ0) is 10.0. The van der Waals surface area contributed by atoms with Gasteiger partial charge in [-0.1, -0.05) is 23.2 Å². The van der Waals surface area contributed by atoms with Gasteiger partial charge in [0.25, 0.3) is 0 Å². The van der Waals surface area contributed by atoms with Crippen LogP contribution in [0, 0.1) is 0 Å². The van der Waals surface area contributed by atoms with E-state index in [2.05, 4.69) is 21.2 Å². The highest BCUT2D eigenvalue weighted by atomic mass is 79.9. The quantitative estimate of drug-likeness (QED) is 0.782. The van der Waals surface area contributed by atoms with Gasteiger partial charge in [-0.15, -0.1) is 0 Å². The van der Waals surface area contributed by atoms with Crippen LogP contribution in [0.2, 0.25) is 10.0 Å². The lowest BCUT2D eigenvalue weighted by Gasteiger charge is -2.06. The molecule has 1 aromatic carbocycles. The second-order valence-electron chi connectivity index (χ2n) is 2.43. The second kappa shape index (κ2) is 4.31. The molecule has 0 saturated carbocycles. The number of benzene rings is 1. The van der Waals surface area contributed by atoms with E-state index in [9.17, 15) is 4.79 Å². The van der Waals surface area contributed by atoms with Crippen molar-refractivity contribution in [3.63, 3.8) is 0 Å². The molecule has 0 saturated heterocycles. The minimum Gasteiger partial charge on any atom is -0.325 e. The highest BCUT2D eigenvalue weighted by Gasteiger charge is 2.05. The summed E-state index contributed by atoms with van der Waals surface area (Å²) >= 11 is 14.8. The summed E-state index contributed by atoms with van der Waals surface area (Å²) in [6.45, 7) is 1.43. The molecule has 1 rings (SSSR count). The number of rotatable bonds is 1. The predicted octanol–water partition coefficient (Wildman–Crippen LogP) is 3.71. The maximum absolute atomic E-state index is 10.8. The maximum Gasteiger partial charge on any atom is 0.221 e. The Morgan fingerprint density at radius 1 is 1.38 bits per heavy atom. The van der Waals surface area contributed by atoms with Crippen molar-refractivity contribution in [3.05, 3.63) is 26.7 Å². The first-order valence-corrected chi connectivity index (χ1v) is 4.97. The Morgan fingerprint density at radius 3 is 2.46 bits per heavy atom. The Kier molecular flexibility index (Phi) is 3.59. The Bertz CT molecular complexity index is 354. The third kappa shape index (κ3) is 2.86. The van der Waals surface area contributed by atoms with Gasteiger partial charge >= 0.3 is 0 Å². The van der Waals surface area contributed by atoms with Crippen LogP contribution in [0.1, 0.15) is 6.92 Å². The third-order valence-electron chi connectivity index (χ3n) is 1.32. The summed E-state index contributed by atoms with van der Waals surface area (Å²) in [6, 6.07) is 3.23. The summed E-state index contributed by atoms with van der Waals surface area (Å²) in [6.07, 6.45) is 0. The minimum absolute atomic E-state index is 0.154. The van der Waals surface area contributed by atoms with E-state index in [1.54, 1.807) is 12.1 Å². The van der Waals surface area contributed by atoms with Crippen LogP contribution in [-0.2, 0) is 4.79 Å². The second-order valence-corrected chi connectivity index (χ2v) is 4.10. The van der Waals surface area contributed by atoms with E-state index in [1.807, 2.05) is 0 Å². The van der Waals surface area contributed by atoms with Crippen LogP contribution in [0.15, 0.2) is 16.6 Å². The lowest BCUT2D eigenvalue weighted by atomic mass is 10.3. The van der Waals surface area contributed by atoms with Gasteiger partial charge in [0.2, 0.25) is 5.91 Å². The number of nitrogens with one attached hydrogen (secondary N) is 1. The van der Waals surface area contributed by atoms with Gasteiger partial charge in [0.1, 0.15) is 0 Å². The largest absolute Gasteiger partial charge is 0.325 e. The molecule has 0 fully saturated rings. The van der Waals surface area contributed by atoms with Gasteiger partial charge in [-0.05, 0) is 28.1 Å². The first-order chi connectivity index (χ1) is 6.00. The Morgan fingerprint density at radius 2 is 1.92 bits per heavy atom. The highest BCUT2D eigenvalue weighted by molar-refractivity contribution is 9.10. The number of amides is 1. The SMILES string of the molecule is CC(=O)Nc1cc(Cl)c(Cl)cc1Br. The molecule has 0 atom stereocenters. The zero-order valence-electron chi connectivity index (χ0n) is 6.70. The summed E-state index contributed by atoms with van der Waals surface area (Å²) in [7, 11) is 0. The van der Waals surface area contributed by atoms with Crippen molar-refractivity contribution in [2.45, 2.75) is 6.92 Å². The van der Waals surface area contributed by atoms with Crippen molar-refractivity contribution in [2.75, 3.05) is 5.32 Å². The third-order valence-corrected chi connectivity index (χ3v) is 2.70. The van der Waals surface area contributed by atoms with Gasteiger partial charge < -0.3 is 5.32 Å². The number of carbonyl (C=O) groups excluding carboxylic acids is 1.